The zero-order valence-electron chi connectivity index (χ0n) is 13.3. The number of benzene rings is 1. The highest BCUT2D eigenvalue weighted by atomic mass is 32.1. The standard InChI is InChI=1S/C17H14N6S2/c1-11-7-8-25-15(11)10-18-23-16(21-22-17(23)24)14-9-13(19-20-14)12-5-3-2-4-6-12/h2-10H,1H3,(H,19,20)(H,22,24). The molecule has 0 unspecified atom stereocenters. The van der Waals surface area contributed by atoms with Gasteiger partial charge in [-0.1, -0.05) is 30.3 Å². The quantitative estimate of drug-likeness (QED) is 0.419. The molecule has 0 fully saturated rings. The van der Waals surface area contributed by atoms with Crippen LogP contribution < -0.4 is 0 Å². The van der Waals surface area contributed by atoms with Gasteiger partial charge in [0.1, 0.15) is 5.69 Å². The van der Waals surface area contributed by atoms with Crippen molar-refractivity contribution in [2.75, 3.05) is 0 Å². The Morgan fingerprint density at radius 3 is 2.76 bits per heavy atom. The van der Waals surface area contributed by atoms with E-state index in [-0.39, 0.29) is 0 Å². The minimum Gasteiger partial charge on any atom is -0.274 e. The Labute approximate surface area is 152 Å². The maximum Gasteiger partial charge on any atom is 0.216 e. The molecule has 6 nitrogen and oxygen atoms in total. The summed E-state index contributed by atoms with van der Waals surface area (Å²) < 4.78 is 2.02. The second-order valence-electron chi connectivity index (χ2n) is 5.41. The minimum atomic E-state index is 0.427. The summed E-state index contributed by atoms with van der Waals surface area (Å²) >= 11 is 6.93. The highest BCUT2D eigenvalue weighted by Gasteiger charge is 2.12. The molecule has 0 aliphatic rings. The lowest BCUT2D eigenvalue weighted by Gasteiger charge is -1.97. The molecule has 4 rings (SSSR count). The van der Waals surface area contributed by atoms with Crippen LogP contribution in [0.25, 0.3) is 22.8 Å². The summed E-state index contributed by atoms with van der Waals surface area (Å²) in [6.07, 6.45) is 1.79. The lowest BCUT2D eigenvalue weighted by molar-refractivity contribution is 0.866. The number of aromatic amines is 2. The first-order chi connectivity index (χ1) is 12.2. The van der Waals surface area contributed by atoms with Crippen molar-refractivity contribution < 1.29 is 0 Å². The van der Waals surface area contributed by atoms with E-state index in [4.69, 9.17) is 12.2 Å². The number of hydrogen-bond acceptors (Lipinski definition) is 5. The van der Waals surface area contributed by atoms with Crippen LogP contribution in [-0.2, 0) is 0 Å². The molecule has 25 heavy (non-hydrogen) atoms. The van der Waals surface area contributed by atoms with Crippen molar-refractivity contribution in [2.24, 2.45) is 5.10 Å². The Bertz CT molecular complexity index is 1080. The van der Waals surface area contributed by atoms with E-state index in [1.54, 1.807) is 22.2 Å². The highest BCUT2D eigenvalue weighted by molar-refractivity contribution is 7.71. The third-order valence-electron chi connectivity index (χ3n) is 3.73. The molecule has 0 radical (unpaired) electrons. The van der Waals surface area contributed by atoms with Gasteiger partial charge in [-0.3, -0.25) is 5.10 Å². The van der Waals surface area contributed by atoms with Gasteiger partial charge in [0.15, 0.2) is 0 Å². The lowest BCUT2D eigenvalue weighted by Crippen LogP contribution is -1.95. The molecule has 0 aliphatic heterocycles. The van der Waals surface area contributed by atoms with E-state index in [0.29, 0.717) is 10.6 Å². The first kappa shape index (κ1) is 15.7. The first-order valence-electron chi connectivity index (χ1n) is 7.59. The highest BCUT2D eigenvalue weighted by Crippen LogP contribution is 2.22. The van der Waals surface area contributed by atoms with Crippen LogP contribution in [0.5, 0.6) is 0 Å². The van der Waals surface area contributed by atoms with E-state index in [0.717, 1.165) is 21.8 Å². The van der Waals surface area contributed by atoms with E-state index < -0.39 is 0 Å². The predicted octanol–water partition coefficient (Wildman–Crippen LogP) is 4.25. The van der Waals surface area contributed by atoms with Crippen molar-refractivity contribution in [1.29, 1.82) is 0 Å². The van der Waals surface area contributed by atoms with E-state index in [1.807, 2.05) is 41.8 Å². The van der Waals surface area contributed by atoms with Gasteiger partial charge in [-0.15, -0.1) is 11.3 Å². The van der Waals surface area contributed by atoms with E-state index >= 15 is 0 Å². The van der Waals surface area contributed by atoms with Crippen LogP contribution in [0.1, 0.15) is 10.4 Å². The summed E-state index contributed by atoms with van der Waals surface area (Å²) in [6.45, 7) is 2.05. The van der Waals surface area contributed by atoms with Gasteiger partial charge < -0.3 is 0 Å². The molecule has 124 valence electrons. The van der Waals surface area contributed by atoms with E-state index in [9.17, 15) is 0 Å². The lowest BCUT2D eigenvalue weighted by atomic mass is 10.1. The largest absolute Gasteiger partial charge is 0.274 e. The number of nitrogens with zero attached hydrogens (tertiary/aromatic N) is 4. The van der Waals surface area contributed by atoms with Crippen molar-refractivity contribution in [3.63, 3.8) is 0 Å². The van der Waals surface area contributed by atoms with Gasteiger partial charge in [-0.2, -0.15) is 20.0 Å². The molecule has 0 saturated heterocycles. The van der Waals surface area contributed by atoms with Gasteiger partial charge in [0, 0.05) is 5.56 Å². The number of aromatic nitrogens is 5. The van der Waals surface area contributed by atoms with Crippen molar-refractivity contribution in [3.8, 4) is 22.8 Å². The number of H-pyrrole nitrogens is 2. The molecular formula is C17H14N6S2. The SMILES string of the molecule is Cc1ccsc1C=Nn1c(-c2cc(-c3ccccc3)n[nH]2)n[nH]c1=S. The summed E-state index contributed by atoms with van der Waals surface area (Å²) in [6, 6.07) is 13.9. The maximum atomic E-state index is 5.30. The zero-order valence-corrected chi connectivity index (χ0v) is 14.9. The summed E-state index contributed by atoms with van der Waals surface area (Å²) in [7, 11) is 0. The normalized spacial score (nSPS) is 11.4. The molecule has 0 aliphatic carbocycles. The number of aryl methyl sites for hydroxylation is 1. The van der Waals surface area contributed by atoms with E-state index in [2.05, 4.69) is 38.5 Å². The molecule has 0 saturated carbocycles. The fourth-order valence-electron chi connectivity index (χ4n) is 2.39. The van der Waals surface area contributed by atoms with Crippen LogP contribution in [0.3, 0.4) is 0 Å². The topological polar surface area (TPSA) is 74.7 Å². The van der Waals surface area contributed by atoms with Gasteiger partial charge in [-0.25, -0.2) is 5.10 Å². The Morgan fingerprint density at radius 1 is 1.16 bits per heavy atom. The van der Waals surface area contributed by atoms with Crippen LogP contribution in [0.2, 0.25) is 0 Å². The summed E-state index contributed by atoms with van der Waals surface area (Å²) in [5.41, 5.74) is 3.79. The molecule has 0 amide bonds. The zero-order chi connectivity index (χ0) is 17.2. The van der Waals surface area contributed by atoms with Gasteiger partial charge in [0.05, 0.1) is 16.8 Å². The van der Waals surface area contributed by atoms with Crippen LogP contribution in [0, 0.1) is 11.7 Å². The third-order valence-corrected chi connectivity index (χ3v) is 4.95. The molecule has 0 atom stereocenters. The third kappa shape index (κ3) is 3.09. The molecule has 0 bridgehead atoms. The Morgan fingerprint density at radius 2 is 2.00 bits per heavy atom. The molecular weight excluding hydrogens is 352 g/mol. The van der Waals surface area contributed by atoms with Crippen LogP contribution >= 0.6 is 23.6 Å². The van der Waals surface area contributed by atoms with Gasteiger partial charge in [0.25, 0.3) is 0 Å². The van der Waals surface area contributed by atoms with Crippen molar-refractivity contribution >= 4 is 29.8 Å². The van der Waals surface area contributed by atoms with Gasteiger partial charge >= 0.3 is 0 Å². The molecule has 1 aromatic carbocycles. The minimum absolute atomic E-state index is 0.427. The second-order valence-corrected chi connectivity index (χ2v) is 6.74. The maximum absolute atomic E-state index is 5.30. The molecule has 3 aromatic heterocycles. The number of rotatable bonds is 4. The molecule has 4 aromatic rings. The fourth-order valence-corrected chi connectivity index (χ4v) is 3.35. The molecule has 2 N–H and O–H groups in total. The van der Waals surface area contributed by atoms with Crippen molar-refractivity contribution in [2.45, 2.75) is 6.92 Å². The molecule has 8 heteroatoms. The van der Waals surface area contributed by atoms with E-state index in [1.165, 1.54) is 5.56 Å². The number of nitrogens with one attached hydrogen (secondary N) is 2. The smallest absolute Gasteiger partial charge is 0.216 e. The summed E-state index contributed by atoms with van der Waals surface area (Å²) in [4.78, 5) is 1.09. The Kier molecular flexibility index (Phi) is 4.12. The summed E-state index contributed by atoms with van der Waals surface area (Å²) in [5.74, 6) is 0.588. The Balaban J connectivity index is 1.71. The fraction of sp³-hybridized carbons (Fsp3) is 0.0588. The number of thiophene rings is 1. The summed E-state index contributed by atoms with van der Waals surface area (Å²) in [5, 5.41) is 21.0. The van der Waals surface area contributed by atoms with Crippen LogP contribution in [0.15, 0.2) is 52.9 Å². The van der Waals surface area contributed by atoms with Crippen molar-refractivity contribution in [1.82, 2.24) is 25.1 Å². The van der Waals surface area contributed by atoms with Gasteiger partial charge in [-0.05, 0) is 42.2 Å². The molecule has 0 spiro atoms. The average molecular weight is 366 g/mol. The van der Waals surface area contributed by atoms with Crippen LogP contribution in [0.4, 0.5) is 0 Å². The second kappa shape index (κ2) is 6.58. The van der Waals surface area contributed by atoms with Crippen molar-refractivity contribution in [3.05, 3.63) is 63.1 Å². The first-order valence-corrected chi connectivity index (χ1v) is 8.88. The number of hydrogen-bond donors (Lipinski definition) is 2. The molecule has 3 heterocycles. The van der Waals surface area contributed by atoms with Gasteiger partial charge in [0.2, 0.25) is 10.6 Å². The monoisotopic (exact) mass is 366 g/mol. The van der Waals surface area contributed by atoms with Crippen LogP contribution in [-0.4, -0.2) is 31.3 Å². The Hall–Kier alpha value is -2.84. The predicted molar refractivity (Wildman–Crippen MR) is 102 cm³/mol. The average Bonchev–Trinajstić information content (AvgIpc) is 3.34.